The van der Waals surface area contributed by atoms with Gasteiger partial charge in [-0.05, 0) is 37.3 Å². The molecule has 3 rings (SSSR count). The third kappa shape index (κ3) is 2.97. The lowest BCUT2D eigenvalue weighted by Gasteiger charge is -2.39. The maximum absolute atomic E-state index is 13.1. The third-order valence-corrected chi connectivity index (χ3v) is 7.04. The van der Waals surface area contributed by atoms with Crippen molar-refractivity contribution in [1.82, 2.24) is 9.29 Å². The van der Waals surface area contributed by atoms with Crippen LogP contribution in [0.1, 0.15) is 19.8 Å². The lowest BCUT2D eigenvalue weighted by molar-refractivity contribution is -0.193. The minimum Gasteiger partial charge on any atom is -0.254 e. The zero-order valence-corrected chi connectivity index (χ0v) is 13.9. The van der Waals surface area contributed by atoms with Gasteiger partial charge in [0.2, 0.25) is 10.0 Å². The second kappa shape index (κ2) is 5.71. The Labute approximate surface area is 136 Å². The first kappa shape index (κ1) is 16.7. The van der Waals surface area contributed by atoms with Crippen LogP contribution in [-0.2, 0) is 10.0 Å². The summed E-state index contributed by atoms with van der Waals surface area (Å²) in [4.78, 5) is 4.02. The monoisotopic (exact) mass is 364 g/mol. The topological polar surface area (TPSA) is 50.3 Å². The van der Waals surface area contributed by atoms with E-state index in [0.29, 0.717) is 10.2 Å². The van der Waals surface area contributed by atoms with Crippen molar-refractivity contribution >= 4 is 31.6 Å². The van der Waals surface area contributed by atoms with Gasteiger partial charge in [-0.1, -0.05) is 0 Å². The zero-order chi connectivity index (χ0) is 16.8. The Bertz CT molecular complexity index is 817. The van der Waals surface area contributed by atoms with Crippen molar-refractivity contribution in [3.63, 3.8) is 0 Å². The maximum atomic E-state index is 13.1. The molecule has 126 valence electrons. The summed E-state index contributed by atoms with van der Waals surface area (Å²) in [5.74, 6) is -1.63. The molecule has 0 aromatic carbocycles. The van der Waals surface area contributed by atoms with Crippen LogP contribution in [0.15, 0.2) is 28.6 Å². The largest absolute Gasteiger partial charge is 0.393 e. The van der Waals surface area contributed by atoms with Crippen LogP contribution >= 0.6 is 11.3 Å². The fourth-order valence-electron chi connectivity index (χ4n) is 2.99. The van der Waals surface area contributed by atoms with Gasteiger partial charge in [-0.15, -0.1) is 11.3 Å². The van der Waals surface area contributed by atoms with E-state index in [9.17, 15) is 21.6 Å². The van der Waals surface area contributed by atoms with Crippen molar-refractivity contribution in [2.45, 2.75) is 36.9 Å². The molecule has 0 N–H and O–H groups in total. The summed E-state index contributed by atoms with van der Waals surface area (Å²) in [6, 6.07) is 2.12. The Morgan fingerprint density at radius 2 is 2.13 bits per heavy atom. The Morgan fingerprint density at radius 3 is 2.83 bits per heavy atom. The van der Waals surface area contributed by atoms with E-state index in [0.717, 1.165) is 4.31 Å². The molecule has 0 saturated carbocycles. The molecule has 0 radical (unpaired) electrons. The molecule has 2 atom stereocenters. The minimum atomic E-state index is -4.40. The molecule has 1 aliphatic heterocycles. The van der Waals surface area contributed by atoms with E-state index < -0.39 is 28.2 Å². The van der Waals surface area contributed by atoms with Gasteiger partial charge < -0.3 is 0 Å². The van der Waals surface area contributed by atoms with Crippen molar-refractivity contribution in [2.24, 2.45) is 5.92 Å². The highest BCUT2D eigenvalue weighted by Crippen LogP contribution is 2.39. The number of nitrogens with zero attached hydrogens (tertiary/aromatic N) is 2. The van der Waals surface area contributed by atoms with Gasteiger partial charge in [0.15, 0.2) is 0 Å². The molecule has 0 aliphatic carbocycles. The summed E-state index contributed by atoms with van der Waals surface area (Å²) in [7, 11) is -4.00. The quantitative estimate of drug-likeness (QED) is 0.817. The first-order chi connectivity index (χ1) is 10.7. The van der Waals surface area contributed by atoms with Crippen molar-refractivity contribution in [1.29, 1.82) is 0 Å². The molecule has 0 spiro atoms. The van der Waals surface area contributed by atoms with Crippen LogP contribution in [0.2, 0.25) is 0 Å². The van der Waals surface area contributed by atoms with Crippen molar-refractivity contribution < 1.29 is 21.6 Å². The summed E-state index contributed by atoms with van der Waals surface area (Å²) < 4.78 is 66.4. The van der Waals surface area contributed by atoms with E-state index in [4.69, 9.17) is 0 Å². The van der Waals surface area contributed by atoms with E-state index in [2.05, 4.69) is 4.98 Å². The van der Waals surface area contributed by atoms with Crippen molar-refractivity contribution in [2.75, 3.05) is 6.54 Å². The van der Waals surface area contributed by atoms with Crippen LogP contribution in [0.5, 0.6) is 0 Å². The summed E-state index contributed by atoms with van der Waals surface area (Å²) in [5.41, 5.74) is 0.675. The normalized spacial score (nSPS) is 24.2. The number of piperidine rings is 1. The number of alkyl halides is 3. The zero-order valence-electron chi connectivity index (χ0n) is 12.2. The number of rotatable bonds is 2. The summed E-state index contributed by atoms with van der Waals surface area (Å²) in [6.45, 7) is 1.42. The first-order valence-electron chi connectivity index (χ1n) is 7.13. The minimum absolute atomic E-state index is 0.0428. The summed E-state index contributed by atoms with van der Waals surface area (Å²) in [5, 5.41) is 1.79. The molecule has 9 heteroatoms. The molecule has 4 nitrogen and oxygen atoms in total. The molecular formula is C14H15F3N2O2S2. The van der Waals surface area contributed by atoms with Gasteiger partial charge in [-0.2, -0.15) is 17.5 Å². The highest BCUT2D eigenvalue weighted by atomic mass is 32.2. The molecule has 2 unspecified atom stereocenters. The van der Waals surface area contributed by atoms with E-state index >= 15 is 0 Å². The van der Waals surface area contributed by atoms with Crippen LogP contribution in [0.25, 0.3) is 10.2 Å². The Balaban J connectivity index is 1.97. The SMILES string of the molecule is CC1C(C(F)(F)F)CCCN1S(=O)(=O)c1cnc2ccsc2c1. The molecule has 2 aromatic rings. The van der Waals surface area contributed by atoms with Crippen molar-refractivity contribution in [3.8, 4) is 0 Å². The molecule has 0 bridgehead atoms. The van der Waals surface area contributed by atoms with Gasteiger partial charge in [0, 0.05) is 18.8 Å². The second-order valence-electron chi connectivity index (χ2n) is 5.62. The Kier molecular flexibility index (Phi) is 4.14. The van der Waals surface area contributed by atoms with Crippen LogP contribution < -0.4 is 0 Å². The van der Waals surface area contributed by atoms with Gasteiger partial charge in [-0.25, -0.2) is 8.42 Å². The molecule has 23 heavy (non-hydrogen) atoms. The third-order valence-electron chi connectivity index (χ3n) is 4.23. The van der Waals surface area contributed by atoms with Gasteiger partial charge in [0.05, 0.1) is 16.1 Å². The van der Waals surface area contributed by atoms with E-state index in [-0.39, 0.29) is 24.3 Å². The van der Waals surface area contributed by atoms with E-state index in [1.165, 1.54) is 30.5 Å². The maximum Gasteiger partial charge on any atom is 0.393 e. The van der Waals surface area contributed by atoms with E-state index in [1.807, 2.05) is 0 Å². The van der Waals surface area contributed by atoms with Crippen LogP contribution in [0.3, 0.4) is 0 Å². The van der Waals surface area contributed by atoms with Crippen molar-refractivity contribution in [3.05, 3.63) is 23.7 Å². The Morgan fingerprint density at radius 1 is 1.39 bits per heavy atom. The fourth-order valence-corrected chi connectivity index (χ4v) is 5.53. The molecular weight excluding hydrogens is 349 g/mol. The standard InChI is InChI=1S/C14H15F3N2O2S2/c1-9-11(14(15,16)17)3-2-5-19(9)23(20,21)10-7-13-12(18-8-10)4-6-22-13/h4,6-9,11H,2-3,5H2,1H3. The van der Waals surface area contributed by atoms with Gasteiger partial charge in [0.25, 0.3) is 0 Å². The molecule has 1 fully saturated rings. The average Bonchev–Trinajstić information content (AvgIpc) is 2.93. The lowest BCUT2D eigenvalue weighted by atomic mass is 9.91. The van der Waals surface area contributed by atoms with Gasteiger partial charge in [-0.3, -0.25) is 4.98 Å². The number of pyridine rings is 1. The van der Waals surface area contributed by atoms with Gasteiger partial charge in [0.1, 0.15) is 4.90 Å². The molecule has 2 aromatic heterocycles. The van der Waals surface area contributed by atoms with Crippen LogP contribution in [0, 0.1) is 5.92 Å². The van der Waals surface area contributed by atoms with Crippen LogP contribution in [-0.4, -0.2) is 36.5 Å². The first-order valence-corrected chi connectivity index (χ1v) is 9.45. The second-order valence-corrected chi connectivity index (χ2v) is 8.46. The summed E-state index contributed by atoms with van der Waals surface area (Å²) >= 11 is 1.34. The Hall–Kier alpha value is -1.19. The summed E-state index contributed by atoms with van der Waals surface area (Å²) in [6.07, 6.45) is -3.03. The number of thiophene rings is 1. The predicted octanol–water partition coefficient (Wildman–Crippen LogP) is 3.65. The number of hydrogen-bond acceptors (Lipinski definition) is 4. The van der Waals surface area contributed by atoms with E-state index in [1.54, 1.807) is 11.4 Å². The number of sulfonamides is 1. The average molecular weight is 364 g/mol. The number of hydrogen-bond donors (Lipinski definition) is 0. The number of fused-ring (bicyclic) bond motifs is 1. The molecule has 1 aliphatic rings. The molecule has 0 amide bonds. The van der Waals surface area contributed by atoms with Crippen LogP contribution in [0.4, 0.5) is 13.2 Å². The molecule has 1 saturated heterocycles. The van der Waals surface area contributed by atoms with Gasteiger partial charge >= 0.3 is 6.18 Å². The number of halogens is 3. The highest BCUT2D eigenvalue weighted by Gasteiger charge is 2.49. The predicted molar refractivity (Wildman–Crippen MR) is 81.8 cm³/mol. The highest BCUT2D eigenvalue weighted by molar-refractivity contribution is 7.89. The fraction of sp³-hybridized carbons (Fsp3) is 0.500. The lowest BCUT2D eigenvalue weighted by Crippen LogP contribution is -2.51. The number of aromatic nitrogens is 1. The molecule has 3 heterocycles. The smallest absolute Gasteiger partial charge is 0.254 e.